The molecule has 0 aromatic rings. The van der Waals surface area contributed by atoms with Crippen LogP contribution in [-0.2, 0) is 19.0 Å². The molecule has 2 heterocycles. The number of esters is 1. The van der Waals surface area contributed by atoms with Gasteiger partial charge in [-0.2, -0.15) is 0 Å². The summed E-state index contributed by atoms with van der Waals surface area (Å²) in [5, 5.41) is 0. The summed E-state index contributed by atoms with van der Waals surface area (Å²) < 4.78 is 19.4. The standard InChI is InChI=1S/C32H50O4/c1-19-10-15-32(34-18-19)20(2)27-26(36-32)17-25-23-9-8-21-16-22(35-28(33)29(3,4)5)11-13-30(21,6)24(23)12-14-31(25,27)7/h8,19-20,22-27H,9-18H2,1-7H3/t19-,20+,22+,23-,24+,25+,26+,27+,30+,31+,32-/m1/s1. The number of rotatable bonds is 1. The lowest BCUT2D eigenvalue weighted by Crippen LogP contribution is -2.52. The van der Waals surface area contributed by atoms with E-state index >= 15 is 0 Å². The minimum Gasteiger partial charge on any atom is -0.462 e. The number of carbonyl (C=O) groups is 1. The van der Waals surface area contributed by atoms with Crippen molar-refractivity contribution in [1.29, 1.82) is 0 Å². The van der Waals surface area contributed by atoms with E-state index in [2.05, 4.69) is 33.8 Å². The number of fused-ring (bicyclic) bond motifs is 7. The van der Waals surface area contributed by atoms with Gasteiger partial charge in [0.2, 0.25) is 0 Å². The van der Waals surface area contributed by atoms with Crippen LogP contribution in [-0.4, -0.2) is 30.6 Å². The number of ether oxygens (including phenoxy) is 3. The van der Waals surface area contributed by atoms with Crippen molar-refractivity contribution in [3.63, 3.8) is 0 Å². The maximum absolute atomic E-state index is 12.5. The van der Waals surface area contributed by atoms with Gasteiger partial charge in [-0.05, 0) is 106 Å². The highest BCUT2D eigenvalue weighted by molar-refractivity contribution is 5.75. The predicted molar refractivity (Wildman–Crippen MR) is 141 cm³/mol. The summed E-state index contributed by atoms with van der Waals surface area (Å²) in [6, 6.07) is 0. The quantitative estimate of drug-likeness (QED) is 0.281. The molecule has 202 valence electrons. The molecule has 0 radical (unpaired) electrons. The summed E-state index contributed by atoms with van der Waals surface area (Å²) in [5.41, 5.74) is 1.78. The third-order valence-corrected chi connectivity index (χ3v) is 12.2. The van der Waals surface area contributed by atoms with E-state index in [4.69, 9.17) is 14.2 Å². The topological polar surface area (TPSA) is 44.8 Å². The zero-order chi connectivity index (χ0) is 25.7. The Bertz CT molecular complexity index is 923. The second kappa shape index (κ2) is 8.31. The van der Waals surface area contributed by atoms with Gasteiger partial charge in [-0.1, -0.05) is 39.3 Å². The molecule has 36 heavy (non-hydrogen) atoms. The summed E-state index contributed by atoms with van der Waals surface area (Å²) in [6.07, 6.45) is 13.5. The fourth-order valence-corrected chi connectivity index (χ4v) is 10.1. The molecule has 1 spiro atoms. The Morgan fingerprint density at radius 2 is 1.83 bits per heavy atom. The molecule has 0 bridgehead atoms. The first kappa shape index (κ1) is 25.4. The minimum absolute atomic E-state index is 0.0518. The van der Waals surface area contributed by atoms with Gasteiger partial charge in [0.15, 0.2) is 5.79 Å². The van der Waals surface area contributed by atoms with Gasteiger partial charge in [0.25, 0.3) is 0 Å². The Labute approximate surface area is 219 Å². The molecule has 0 unspecified atom stereocenters. The van der Waals surface area contributed by atoms with Crippen molar-refractivity contribution in [2.45, 2.75) is 124 Å². The zero-order valence-electron chi connectivity index (χ0n) is 23.9. The molecule has 0 aromatic heterocycles. The predicted octanol–water partition coefficient (Wildman–Crippen LogP) is 7.31. The van der Waals surface area contributed by atoms with E-state index in [1.165, 1.54) is 32.1 Å². The summed E-state index contributed by atoms with van der Waals surface area (Å²) in [7, 11) is 0. The van der Waals surface area contributed by atoms with Crippen LogP contribution in [0.1, 0.15) is 106 Å². The van der Waals surface area contributed by atoms with Gasteiger partial charge >= 0.3 is 5.97 Å². The van der Waals surface area contributed by atoms with Crippen LogP contribution in [0.15, 0.2) is 11.6 Å². The van der Waals surface area contributed by atoms with Gasteiger partial charge in [-0.25, -0.2) is 0 Å². The van der Waals surface area contributed by atoms with Crippen molar-refractivity contribution in [1.82, 2.24) is 0 Å². The second-order valence-electron chi connectivity index (χ2n) is 15.3. The highest BCUT2D eigenvalue weighted by Crippen LogP contribution is 2.70. The number of hydrogen-bond donors (Lipinski definition) is 0. The smallest absolute Gasteiger partial charge is 0.311 e. The van der Waals surface area contributed by atoms with E-state index in [0.717, 1.165) is 50.0 Å². The van der Waals surface area contributed by atoms with Crippen LogP contribution in [0, 0.1) is 51.8 Å². The van der Waals surface area contributed by atoms with Crippen LogP contribution in [0.2, 0.25) is 0 Å². The Morgan fingerprint density at radius 1 is 1.06 bits per heavy atom. The highest BCUT2D eigenvalue weighted by atomic mass is 16.7. The largest absolute Gasteiger partial charge is 0.462 e. The maximum Gasteiger partial charge on any atom is 0.311 e. The zero-order valence-corrected chi connectivity index (χ0v) is 23.9. The second-order valence-corrected chi connectivity index (χ2v) is 15.3. The molecule has 6 aliphatic rings. The van der Waals surface area contributed by atoms with Crippen molar-refractivity contribution in [3.05, 3.63) is 11.6 Å². The maximum atomic E-state index is 12.5. The summed E-state index contributed by atoms with van der Waals surface area (Å²) in [4.78, 5) is 12.5. The van der Waals surface area contributed by atoms with Crippen LogP contribution in [0.25, 0.3) is 0 Å². The fraction of sp³-hybridized carbons (Fsp3) is 0.906. The Balaban J connectivity index is 1.20. The first-order chi connectivity index (χ1) is 16.9. The fourth-order valence-electron chi connectivity index (χ4n) is 10.1. The Hall–Kier alpha value is -0.870. The molecule has 2 saturated heterocycles. The van der Waals surface area contributed by atoms with Crippen LogP contribution in [0.3, 0.4) is 0 Å². The average Bonchev–Trinajstić information content (AvgIpc) is 3.26. The van der Waals surface area contributed by atoms with Crippen LogP contribution in [0.5, 0.6) is 0 Å². The molecule has 4 nitrogen and oxygen atoms in total. The van der Waals surface area contributed by atoms with Crippen molar-refractivity contribution in [2.75, 3.05) is 6.61 Å². The van der Waals surface area contributed by atoms with Gasteiger partial charge < -0.3 is 14.2 Å². The summed E-state index contributed by atoms with van der Waals surface area (Å²) in [6.45, 7) is 16.6. The lowest BCUT2D eigenvalue weighted by atomic mass is 9.47. The average molecular weight is 499 g/mol. The van der Waals surface area contributed by atoms with Crippen molar-refractivity contribution < 1.29 is 19.0 Å². The van der Waals surface area contributed by atoms with E-state index < -0.39 is 5.41 Å². The molecule has 4 heteroatoms. The summed E-state index contributed by atoms with van der Waals surface area (Å²) >= 11 is 0. The molecular formula is C32H50O4. The SMILES string of the molecule is C[C@@H]1CC[C@@]2(OC1)O[C@H]1C[C@H]3[C@@H]4CC=C5C[C@@H](OC(=O)C(C)(C)C)CC[C@]5(C)[C@H]4CC[C@]3(C)[C@H]1[C@@H]2C. The molecule has 5 fully saturated rings. The summed E-state index contributed by atoms with van der Waals surface area (Å²) in [5.74, 6) is 3.66. The van der Waals surface area contributed by atoms with Crippen molar-refractivity contribution >= 4 is 5.97 Å². The van der Waals surface area contributed by atoms with E-state index in [1.807, 2.05) is 20.8 Å². The van der Waals surface area contributed by atoms with Gasteiger partial charge in [0.1, 0.15) is 6.10 Å². The molecule has 3 saturated carbocycles. The lowest BCUT2D eigenvalue weighted by molar-refractivity contribution is -0.272. The number of carbonyl (C=O) groups excluding carboxylic acids is 1. The van der Waals surface area contributed by atoms with E-state index in [9.17, 15) is 4.79 Å². The molecule has 0 amide bonds. The van der Waals surface area contributed by atoms with Gasteiger partial charge in [-0.3, -0.25) is 4.79 Å². The molecule has 2 aliphatic heterocycles. The van der Waals surface area contributed by atoms with Gasteiger partial charge in [-0.15, -0.1) is 0 Å². The molecule has 0 N–H and O–H groups in total. The van der Waals surface area contributed by atoms with Gasteiger partial charge in [0.05, 0.1) is 18.1 Å². The Kier molecular flexibility index (Phi) is 5.87. The van der Waals surface area contributed by atoms with Crippen LogP contribution >= 0.6 is 0 Å². The Morgan fingerprint density at radius 3 is 2.53 bits per heavy atom. The van der Waals surface area contributed by atoms with Gasteiger partial charge in [0, 0.05) is 18.8 Å². The third kappa shape index (κ3) is 3.63. The van der Waals surface area contributed by atoms with Crippen molar-refractivity contribution in [3.8, 4) is 0 Å². The lowest BCUT2D eigenvalue weighted by Gasteiger charge is -2.58. The van der Waals surface area contributed by atoms with E-state index in [-0.39, 0.29) is 23.3 Å². The van der Waals surface area contributed by atoms with Crippen LogP contribution < -0.4 is 0 Å². The highest BCUT2D eigenvalue weighted by Gasteiger charge is 2.68. The first-order valence-corrected chi connectivity index (χ1v) is 15.1. The van der Waals surface area contributed by atoms with Crippen LogP contribution in [0.4, 0.5) is 0 Å². The third-order valence-electron chi connectivity index (χ3n) is 12.2. The molecule has 6 rings (SSSR count). The normalized spacial score (nSPS) is 52.1. The van der Waals surface area contributed by atoms with E-state index in [0.29, 0.717) is 29.3 Å². The first-order valence-electron chi connectivity index (χ1n) is 15.1. The monoisotopic (exact) mass is 498 g/mol. The molecule has 0 aromatic carbocycles. The van der Waals surface area contributed by atoms with E-state index in [1.54, 1.807) is 5.57 Å². The molecular weight excluding hydrogens is 448 g/mol. The number of hydrogen-bond acceptors (Lipinski definition) is 4. The molecule has 11 atom stereocenters. The molecule has 4 aliphatic carbocycles. The van der Waals surface area contributed by atoms with Crippen molar-refractivity contribution in [2.24, 2.45) is 51.8 Å². The minimum atomic E-state index is -0.431. The number of allylic oxidation sites excluding steroid dienone is 1.